The van der Waals surface area contributed by atoms with Crippen LogP contribution in [0, 0.1) is 13.8 Å². The lowest BCUT2D eigenvalue weighted by Gasteiger charge is -2.34. The van der Waals surface area contributed by atoms with Crippen molar-refractivity contribution in [3.05, 3.63) is 64.7 Å². The van der Waals surface area contributed by atoms with E-state index in [1.54, 1.807) is 0 Å². The first-order valence-corrected chi connectivity index (χ1v) is 8.52. The van der Waals surface area contributed by atoms with Crippen LogP contribution < -0.4 is 5.73 Å². The molecule has 0 bridgehead atoms. The molecule has 3 unspecified atom stereocenters. The Balaban J connectivity index is 1.87. The molecule has 0 heterocycles. The van der Waals surface area contributed by atoms with E-state index in [-0.39, 0.29) is 6.04 Å². The van der Waals surface area contributed by atoms with Gasteiger partial charge in [0.15, 0.2) is 0 Å². The van der Waals surface area contributed by atoms with Crippen molar-refractivity contribution < 1.29 is 0 Å². The van der Waals surface area contributed by atoms with E-state index in [1.807, 2.05) is 11.8 Å². The standard InChI is InChI=1S/C19H23NS/c1-12-8-9-17(14(3)10-12)21-18-11-13(2)15-6-4-5-7-16(15)19(18)20/h4-10,13,18-19H,11,20H2,1-3H3. The molecule has 0 aromatic heterocycles. The number of benzene rings is 2. The molecule has 1 aliphatic carbocycles. The van der Waals surface area contributed by atoms with Crippen molar-refractivity contribution in [2.24, 2.45) is 5.73 Å². The topological polar surface area (TPSA) is 26.0 Å². The van der Waals surface area contributed by atoms with Crippen molar-refractivity contribution in [3.63, 3.8) is 0 Å². The molecule has 3 atom stereocenters. The number of fused-ring (bicyclic) bond motifs is 1. The van der Waals surface area contributed by atoms with Crippen molar-refractivity contribution in [1.82, 2.24) is 0 Å². The Kier molecular flexibility index (Phi) is 4.10. The van der Waals surface area contributed by atoms with Crippen molar-refractivity contribution in [2.45, 2.75) is 49.3 Å². The van der Waals surface area contributed by atoms with Gasteiger partial charge in [-0.1, -0.05) is 48.9 Å². The molecule has 21 heavy (non-hydrogen) atoms. The lowest BCUT2D eigenvalue weighted by atomic mass is 9.81. The van der Waals surface area contributed by atoms with E-state index in [9.17, 15) is 0 Å². The molecule has 1 nitrogen and oxygen atoms in total. The zero-order chi connectivity index (χ0) is 15.0. The fourth-order valence-corrected chi connectivity index (χ4v) is 4.70. The maximum Gasteiger partial charge on any atom is 0.0422 e. The zero-order valence-corrected chi connectivity index (χ0v) is 13.8. The molecular formula is C19H23NS. The Morgan fingerprint density at radius 3 is 2.48 bits per heavy atom. The van der Waals surface area contributed by atoms with Crippen LogP contribution in [0.2, 0.25) is 0 Å². The van der Waals surface area contributed by atoms with Crippen LogP contribution in [0.15, 0.2) is 47.4 Å². The third-order valence-electron chi connectivity index (χ3n) is 4.48. The quantitative estimate of drug-likeness (QED) is 0.846. The molecule has 0 fully saturated rings. The molecule has 0 saturated carbocycles. The minimum absolute atomic E-state index is 0.128. The molecule has 3 rings (SSSR count). The molecule has 2 aromatic carbocycles. The van der Waals surface area contributed by atoms with E-state index in [0.29, 0.717) is 11.2 Å². The number of thioether (sulfide) groups is 1. The van der Waals surface area contributed by atoms with Gasteiger partial charge in [0.25, 0.3) is 0 Å². The van der Waals surface area contributed by atoms with E-state index in [0.717, 1.165) is 6.42 Å². The van der Waals surface area contributed by atoms with Gasteiger partial charge in [-0.15, -0.1) is 11.8 Å². The fourth-order valence-electron chi connectivity index (χ4n) is 3.30. The lowest BCUT2D eigenvalue weighted by molar-refractivity contribution is 0.527. The van der Waals surface area contributed by atoms with Crippen LogP contribution >= 0.6 is 11.8 Å². The van der Waals surface area contributed by atoms with Crippen LogP contribution in [0.3, 0.4) is 0 Å². The lowest BCUT2D eigenvalue weighted by Crippen LogP contribution is -2.30. The van der Waals surface area contributed by atoms with Crippen molar-refractivity contribution in [2.75, 3.05) is 0 Å². The monoisotopic (exact) mass is 297 g/mol. The molecule has 1 aliphatic rings. The number of aryl methyl sites for hydroxylation is 2. The zero-order valence-electron chi connectivity index (χ0n) is 13.0. The maximum absolute atomic E-state index is 6.56. The number of nitrogens with two attached hydrogens (primary N) is 1. The Labute approximate surface area is 132 Å². The molecule has 2 heteroatoms. The molecule has 0 spiro atoms. The third-order valence-corrected chi connectivity index (χ3v) is 5.98. The third kappa shape index (κ3) is 2.88. The normalized spacial score (nSPS) is 24.7. The van der Waals surface area contributed by atoms with E-state index < -0.39 is 0 Å². The van der Waals surface area contributed by atoms with Gasteiger partial charge in [-0.25, -0.2) is 0 Å². The van der Waals surface area contributed by atoms with Crippen LogP contribution in [0.4, 0.5) is 0 Å². The average molecular weight is 297 g/mol. The first kappa shape index (κ1) is 14.7. The van der Waals surface area contributed by atoms with Gasteiger partial charge in [-0.3, -0.25) is 0 Å². The van der Waals surface area contributed by atoms with Crippen LogP contribution in [0.1, 0.15) is 47.6 Å². The molecule has 0 amide bonds. The number of rotatable bonds is 2. The SMILES string of the molecule is Cc1ccc(SC2CC(C)c3ccccc3C2N)c(C)c1. The summed E-state index contributed by atoms with van der Waals surface area (Å²) in [5, 5.41) is 0.455. The molecule has 110 valence electrons. The van der Waals surface area contributed by atoms with E-state index in [2.05, 4.69) is 63.2 Å². The van der Waals surface area contributed by atoms with Gasteiger partial charge in [0.1, 0.15) is 0 Å². The summed E-state index contributed by atoms with van der Waals surface area (Å²) in [5.74, 6) is 0.587. The molecule has 2 aromatic rings. The van der Waals surface area contributed by atoms with E-state index in [4.69, 9.17) is 5.73 Å². The Bertz CT molecular complexity index is 650. The predicted octanol–water partition coefficient (Wildman–Crippen LogP) is 4.97. The highest BCUT2D eigenvalue weighted by molar-refractivity contribution is 8.00. The summed E-state index contributed by atoms with van der Waals surface area (Å²) < 4.78 is 0. The van der Waals surface area contributed by atoms with Crippen molar-refractivity contribution >= 4 is 11.8 Å². The van der Waals surface area contributed by atoms with Crippen LogP contribution in [0.5, 0.6) is 0 Å². The molecular weight excluding hydrogens is 274 g/mol. The summed E-state index contributed by atoms with van der Waals surface area (Å²) in [5.41, 5.74) is 12.0. The predicted molar refractivity (Wildman–Crippen MR) is 92.0 cm³/mol. The Hall–Kier alpha value is -1.25. The largest absolute Gasteiger partial charge is 0.323 e. The van der Waals surface area contributed by atoms with Crippen LogP contribution in [-0.4, -0.2) is 5.25 Å². The van der Waals surface area contributed by atoms with E-state index >= 15 is 0 Å². The van der Waals surface area contributed by atoms with Gasteiger partial charge in [0, 0.05) is 16.2 Å². The van der Waals surface area contributed by atoms with Gasteiger partial charge in [0.05, 0.1) is 0 Å². The van der Waals surface area contributed by atoms with Gasteiger partial charge < -0.3 is 5.73 Å². The second kappa shape index (κ2) is 5.86. The van der Waals surface area contributed by atoms with Gasteiger partial charge in [-0.2, -0.15) is 0 Å². The Morgan fingerprint density at radius 1 is 1.05 bits per heavy atom. The number of hydrogen-bond donors (Lipinski definition) is 1. The van der Waals surface area contributed by atoms with Crippen molar-refractivity contribution in [3.8, 4) is 0 Å². The highest BCUT2D eigenvalue weighted by Crippen LogP contribution is 2.44. The smallest absolute Gasteiger partial charge is 0.0422 e. The highest BCUT2D eigenvalue weighted by atomic mass is 32.2. The average Bonchev–Trinajstić information content (AvgIpc) is 2.47. The van der Waals surface area contributed by atoms with Crippen LogP contribution in [-0.2, 0) is 0 Å². The summed E-state index contributed by atoms with van der Waals surface area (Å²) in [6.07, 6.45) is 1.15. The first-order valence-electron chi connectivity index (χ1n) is 7.64. The minimum Gasteiger partial charge on any atom is -0.323 e. The maximum atomic E-state index is 6.56. The van der Waals surface area contributed by atoms with Gasteiger partial charge in [-0.05, 0) is 48.9 Å². The van der Waals surface area contributed by atoms with E-state index in [1.165, 1.54) is 27.1 Å². The summed E-state index contributed by atoms with van der Waals surface area (Å²) in [4.78, 5) is 1.37. The summed E-state index contributed by atoms with van der Waals surface area (Å²) in [6.45, 7) is 6.66. The highest BCUT2D eigenvalue weighted by Gasteiger charge is 2.31. The van der Waals surface area contributed by atoms with Gasteiger partial charge in [0.2, 0.25) is 0 Å². The summed E-state index contributed by atoms with van der Waals surface area (Å²) >= 11 is 1.95. The second-order valence-corrected chi connectivity index (χ2v) is 7.50. The fraction of sp³-hybridized carbons (Fsp3) is 0.368. The molecule has 0 saturated heterocycles. The summed E-state index contributed by atoms with van der Waals surface area (Å²) in [7, 11) is 0. The molecule has 0 radical (unpaired) electrons. The van der Waals surface area contributed by atoms with Gasteiger partial charge >= 0.3 is 0 Å². The molecule has 2 N–H and O–H groups in total. The summed E-state index contributed by atoms with van der Waals surface area (Å²) in [6, 6.07) is 15.5. The first-order chi connectivity index (χ1) is 10.1. The second-order valence-electron chi connectivity index (χ2n) is 6.22. The van der Waals surface area contributed by atoms with Crippen molar-refractivity contribution in [1.29, 1.82) is 0 Å². The van der Waals surface area contributed by atoms with Crippen LogP contribution in [0.25, 0.3) is 0 Å². The Morgan fingerprint density at radius 2 is 1.76 bits per heavy atom. The minimum atomic E-state index is 0.128. The number of hydrogen-bond acceptors (Lipinski definition) is 2. The molecule has 0 aliphatic heterocycles.